The smallest absolute Gasteiger partial charge is 0.438 e. The van der Waals surface area contributed by atoms with Crippen molar-refractivity contribution in [1.29, 1.82) is 0 Å². The summed E-state index contributed by atoms with van der Waals surface area (Å²) >= 11 is 0. The topological polar surface area (TPSA) is 103 Å². The molecule has 160 valence electrons. The van der Waals surface area contributed by atoms with Crippen LogP contribution in [0.1, 0.15) is 47.1 Å². The molecule has 1 aromatic rings. The van der Waals surface area contributed by atoms with Gasteiger partial charge in [0.2, 0.25) is 0 Å². The molecule has 0 saturated carbocycles. The molecule has 8 nitrogen and oxygen atoms in total. The molecule has 0 aliphatic heterocycles. The molecule has 0 unspecified atom stereocenters. The number of ether oxygens (including phenoxy) is 2. The minimum atomic E-state index is -2.26. The molecule has 0 spiro atoms. The van der Waals surface area contributed by atoms with Crippen LogP contribution in [0.2, 0.25) is 18.1 Å². The zero-order valence-electron chi connectivity index (χ0n) is 18.5. The lowest BCUT2D eigenvalue weighted by atomic mass is 10.2. The zero-order valence-corrected chi connectivity index (χ0v) is 19.5. The fourth-order valence-corrected chi connectivity index (χ4v) is 2.91. The zero-order chi connectivity index (χ0) is 22.6. The molecule has 29 heavy (non-hydrogen) atoms. The van der Waals surface area contributed by atoms with E-state index < -0.39 is 26.0 Å². The van der Waals surface area contributed by atoms with Crippen molar-refractivity contribution in [3.05, 3.63) is 41.9 Å². The molecule has 9 heteroatoms. The first-order valence-corrected chi connectivity index (χ1v) is 12.2. The monoisotopic (exact) mass is 421 g/mol. The van der Waals surface area contributed by atoms with Gasteiger partial charge in [-0.2, -0.15) is 4.79 Å². The van der Waals surface area contributed by atoms with Gasteiger partial charge in [0.05, 0.1) is 0 Å². The van der Waals surface area contributed by atoms with E-state index in [2.05, 4.69) is 11.4 Å². The predicted octanol–water partition coefficient (Wildman–Crippen LogP) is 4.52. The normalized spacial score (nSPS) is 12.0. The van der Waals surface area contributed by atoms with Crippen LogP contribution in [0.5, 0.6) is 0 Å². The number of carbonyl (C=O) groups is 2. The van der Waals surface area contributed by atoms with Gasteiger partial charge in [-0.15, -0.1) is 0 Å². The Morgan fingerprint density at radius 3 is 2.28 bits per heavy atom. The minimum absolute atomic E-state index is 0.0320. The molecule has 0 amide bonds. The molecule has 0 fully saturated rings. The third kappa shape index (κ3) is 7.03. The van der Waals surface area contributed by atoms with Gasteiger partial charge in [-0.1, -0.05) is 20.8 Å². The Morgan fingerprint density at radius 1 is 1.21 bits per heavy atom. The van der Waals surface area contributed by atoms with Gasteiger partial charge < -0.3 is 19.4 Å². The number of esters is 1. The van der Waals surface area contributed by atoms with Crippen molar-refractivity contribution in [2.24, 2.45) is 0 Å². The van der Waals surface area contributed by atoms with Gasteiger partial charge in [-0.3, -0.25) is 4.57 Å². The van der Waals surface area contributed by atoms with E-state index in [1.54, 1.807) is 26.8 Å². The van der Waals surface area contributed by atoms with Crippen molar-refractivity contribution in [3.8, 4) is 0 Å². The van der Waals surface area contributed by atoms with E-state index in [4.69, 9.17) is 13.9 Å². The van der Waals surface area contributed by atoms with E-state index in [1.165, 1.54) is 17.0 Å². The van der Waals surface area contributed by atoms with Crippen molar-refractivity contribution >= 4 is 26.1 Å². The van der Waals surface area contributed by atoms with Gasteiger partial charge >= 0.3 is 17.8 Å². The van der Waals surface area contributed by atoms with Crippen molar-refractivity contribution < 1.29 is 28.3 Å². The Labute approximate surface area is 173 Å². The molecule has 0 aliphatic rings. The third-order valence-electron chi connectivity index (χ3n) is 4.47. The Morgan fingerprint density at radius 2 is 1.79 bits per heavy atom. The van der Waals surface area contributed by atoms with E-state index in [1.807, 2.05) is 33.9 Å². The van der Waals surface area contributed by atoms with Crippen LogP contribution in [0.3, 0.4) is 0 Å². The predicted molar refractivity (Wildman–Crippen MR) is 112 cm³/mol. The van der Waals surface area contributed by atoms with Crippen LogP contribution in [0.25, 0.3) is 5.53 Å². The molecular formula is C20H31N3O5Si. The molecule has 0 aliphatic carbocycles. The lowest BCUT2D eigenvalue weighted by Crippen LogP contribution is -2.42. The van der Waals surface area contributed by atoms with Gasteiger partial charge in [-0.05, 0) is 51.5 Å². The lowest BCUT2D eigenvalue weighted by molar-refractivity contribution is -0.141. The first kappa shape index (κ1) is 24.4. The van der Waals surface area contributed by atoms with Crippen molar-refractivity contribution in [2.45, 2.75) is 71.9 Å². The van der Waals surface area contributed by atoms with Gasteiger partial charge in [-0.25, -0.2) is 9.59 Å². The lowest BCUT2D eigenvalue weighted by Gasteiger charge is -2.36. The van der Waals surface area contributed by atoms with Crippen molar-refractivity contribution in [3.63, 3.8) is 0 Å². The second kappa shape index (κ2) is 8.80. The second-order valence-corrected chi connectivity index (χ2v) is 13.9. The Kier molecular flexibility index (Phi) is 7.40. The molecule has 0 radical (unpaired) electrons. The SMILES string of the molecule is C=C(O[Si](C)(C)C(C)(C)C)C(=[N+]=[N-])C(=O)OCc1ccn(C(=O)OC(C)(C)C)c1. The van der Waals surface area contributed by atoms with E-state index in [9.17, 15) is 15.1 Å². The maximum absolute atomic E-state index is 12.3. The average Bonchev–Trinajstić information content (AvgIpc) is 2.99. The van der Waals surface area contributed by atoms with Crippen LogP contribution in [0.15, 0.2) is 30.8 Å². The summed E-state index contributed by atoms with van der Waals surface area (Å²) in [7, 11) is -2.26. The molecule has 0 bridgehead atoms. The Hall–Kier alpha value is -2.64. The largest absolute Gasteiger partial charge is 0.538 e. The maximum atomic E-state index is 12.3. The summed E-state index contributed by atoms with van der Waals surface area (Å²) in [5, 5.41) is -0.120. The summed E-state index contributed by atoms with van der Waals surface area (Å²) in [6.07, 6.45) is 2.47. The maximum Gasteiger partial charge on any atom is 0.438 e. The summed E-state index contributed by atoms with van der Waals surface area (Å²) in [5.74, 6) is -0.906. The first-order chi connectivity index (χ1) is 13.1. The van der Waals surface area contributed by atoms with E-state index in [-0.39, 0.29) is 23.1 Å². The summed E-state index contributed by atoms with van der Waals surface area (Å²) in [6.45, 7) is 19.0. The van der Waals surface area contributed by atoms with Crippen LogP contribution >= 0.6 is 0 Å². The highest BCUT2D eigenvalue weighted by atomic mass is 28.4. The second-order valence-electron chi connectivity index (χ2n) is 9.22. The van der Waals surface area contributed by atoms with Gasteiger partial charge in [0, 0.05) is 18.0 Å². The molecular weight excluding hydrogens is 390 g/mol. The van der Waals surface area contributed by atoms with Crippen molar-refractivity contribution in [2.75, 3.05) is 0 Å². The Bertz CT molecular complexity index is 837. The van der Waals surface area contributed by atoms with Crippen LogP contribution in [0.4, 0.5) is 4.79 Å². The molecule has 1 aromatic heterocycles. The molecule has 1 rings (SSSR count). The summed E-state index contributed by atoms with van der Waals surface area (Å²) in [6, 6.07) is 1.62. The van der Waals surface area contributed by atoms with Gasteiger partial charge in [0.1, 0.15) is 12.2 Å². The highest BCUT2D eigenvalue weighted by Gasteiger charge is 2.42. The Balaban J connectivity index is 2.75. The van der Waals surface area contributed by atoms with Crippen LogP contribution < -0.4 is 0 Å². The summed E-state index contributed by atoms with van der Waals surface area (Å²) in [5.41, 5.74) is 8.80. The van der Waals surface area contributed by atoms with Crippen LogP contribution in [0, 0.1) is 0 Å². The third-order valence-corrected chi connectivity index (χ3v) is 8.84. The molecule has 0 N–H and O–H groups in total. The van der Waals surface area contributed by atoms with Gasteiger partial charge in [0.15, 0.2) is 5.76 Å². The van der Waals surface area contributed by atoms with E-state index >= 15 is 0 Å². The highest BCUT2D eigenvalue weighted by molar-refractivity contribution is 6.74. The number of nitrogens with zero attached hydrogens (tertiary/aromatic N) is 3. The van der Waals surface area contributed by atoms with E-state index in [0.29, 0.717) is 5.56 Å². The highest BCUT2D eigenvalue weighted by Crippen LogP contribution is 2.37. The van der Waals surface area contributed by atoms with Crippen molar-refractivity contribution in [1.82, 2.24) is 4.57 Å². The molecule has 0 saturated heterocycles. The van der Waals surface area contributed by atoms with Crippen LogP contribution in [-0.4, -0.2) is 41.0 Å². The average molecular weight is 422 g/mol. The summed E-state index contributed by atoms with van der Waals surface area (Å²) in [4.78, 5) is 27.3. The number of carbonyl (C=O) groups excluding carboxylic acids is 2. The van der Waals surface area contributed by atoms with E-state index in [0.717, 1.165) is 0 Å². The number of hydrogen-bond acceptors (Lipinski definition) is 5. The fourth-order valence-electron chi connectivity index (χ4n) is 1.89. The standard InChI is InChI=1S/C20H31N3O5Si/c1-14(28-29(8,9)20(5,6)7)16(22-21)17(24)26-13-15-10-11-23(12-15)18(25)27-19(2,3)4/h10-12H,1,13H2,2-9H3. The number of hydrogen-bond donors (Lipinski definition) is 0. The molecule has 0 atom stereocenters. The quantitative estimate of drug-likeness (QED) is 0.168. The van der Waals surface area contributed by atoms with Gasteiger partial charge in [0.25, 0.3) is 8.32 Å². The number of aromatic nitrogens is 1. The number of rotatable bonds is 6. The molecule has 0 aromatic carbocycles. The first-order valence-electron chi connectivity index (χ1n) is 9.25. The minimum Gasteiger partial charge on any atom is -0.538 e. The summed E-state index contributed by atoms with van der Waals surface area (Å²) < 4.78 is 17.6. The van der Waals surface area contributed by atoms with Crippen LogP contribution in [-0.2, 0) is 25.3 Å². The molecule has 1 heterocycles. The fraction of sp³-hybridized carbons (Fsp3) is 0.550.